The molecule has 0 bridgehead atoms. The van der Waals surface area contributed by atoms with Crippen molar-refractivity contribution in [1.82, 2.24) is 5.32 Å². The van der Waals surface area contributed by atoms with Crippen LogP contribution >= 0.6 is 15.9 Å². The minimum Gasteiger partial charge on any atom is -0.454 e. The average molecular weight is 321 g/mol. The first-order chi connectivity index (χ1) is 9.11. The fraction of sp³-hybridized carbons (Fsp3) is 0.0714. The zero-order valence-electron chi connectivity index (χ0n) is 10.3. The van der Waals surface area contributed by atoms with Crippen LogP contribution in [-0.2, 0) is 0 Å². The number of benzene rings is 2. The van der Waals surface area contributed by atoms with Gasteiger partial charge in [0.25, 0.3) is 5.91 Å². The topological polar surface area (TPSA) is 64.3 Å². The van der Waals surface area contributed by atoms with Gasteiger partial charge in [-0.25, -0.2) is 0 Å². The van der Waals surface area contributed by atoms with Gasteiger partial charge in [-0.1, -0.05) is 12.1 Å². The summed E-state index contributed by atoms with van der Waals surface area (Å²) in [6.07, 6.45) is 0. The van der Waals surface area contributed by atoms with E-state index >= 15 is 0 Å². The molecule has 0 fully saturated rings. The van der Waals surface area contributed by atoms with Crippen molar-refractivity contribution in [2.24, 2.45) is 0 Å². The number of ether oxygens (including phenoxy) is 1. The van der Waals surface area contributed by atoms with E-state index in [0.717, 1.165) is 4.47 Å². The fourth-order valence-corrected chi connectivity index (χ4v) is 1.94. The Hall–Kier alpha value is -2.01. The van der Waals surface area contributed by atoms with Crippen LogP contribution in [0.2, 0.25) is 0 Å². The van der Waals surface area contributed by atoms with Gasteiger partial charge in [-0.15, -0.1) is 0 Å². The molecule has 0 aliphatic heterocycles. The lowest BCUT2D eigenvalue weighted by atomic mass is 10.2. The van der Waals surface area contributed by atoms with E-state index < -0.39 is 0 Å². The molecule has 2 aromatic rings. The second-order valence-electron chi connectivity index (χ2n) is 3.86. The van der Waals surface area contributed by atoms with Crippen molar-refractivity contribution in [3.8, 4) is 11.5 Å². The molecule has 3 N–H and O–H groups in total. The number of hydrogen-bond donors (Lipinski definition) is 2. The molecule has 0 atom stereocenters. The van der Waals surface area contributed by atoms with Crippen LogP contribution in [-0.4, -0.2) is 13.0 Å². The number of nitrogens with two attached hydrogens (primary N) is 1. The summed E-state index contributed by atoms with van der Waals surface area (Å²) in [6, 6.07) is 12.4. The van der Waals surface area contributed by atoms with Gasteiger partial charge in [-0.3, -0.25) is 4.79 Å². The maximum Gasteiger partial charge on any atom is 0.251 e. The maximum absolute atomic E-state index is 11.5. The summed E-state index contributed by atoms with van der Waals surface area (Å²) in [7, 11) is 1.57. The molecule has 0 heterocycles. The van der Waals surface area contributed by atoms with Gasteiger partial charge in [0.05, 0.1) is 10.2 Å². The van der Waals surface area contributed by atoms with Gasteiger partial charge < -0.3 is 15.8 Å². The van der Waals surface area contributed by atoms with Crippen LogP contribution in [0.5, 0.6) is 11.5 Å². The largest absolute Gasteiger partial charge is 0.454 e. The Bertz CT molecular complexity index is 614. The van der Waals surface area contributed by atoms with Crippen molar-refractivity contribution in [2.75, 3.05) is 12.8 Å². The van der Waals surface area contributed by atoms with Crippen LogP contribution in [0.4, 0.5) is 5.69 Å². The quantitative estimate of drug-likeness (QED) is 0.854. The Kier molecular flexibility index (Phi) is 4.06. The highest BCUT2D eigenvalue weighted by molar-refractivity contribution is 9.10. The number of nitrogen functional groups attached to an aromatic ring is 1. The van der Waals surface area contributed by atoms with E-state index in [2.05, 4.69) is 21.2 Å². The summed E-state index contributed by atoms with van der Waals surface area (Å²) < 4.78 is 6.54. The van der Waals surface area contributed by atoms with Crippen molar-refractivity contribution >= 4 is 27.5 Å². The van der Waals surface area contributed by atoms with Crippen LogP contribution in [0, 0.1) is 0 Å². The van der Waals surface area contributed by atoms with E-state index in [0.29, 0.717) is 22.7 Å². The molecule has 2 rings (SSSR count). The van der Waals surface area contributed by atoms with Crippen LogP contribution in [0.1, 0.15) is 10.4 Å². The number of halogens is 1. The minimum absolute atomic E-state index is 0.181. The number of para-hydroxylation sites is 1. The number of carbonyl (C=O) groups is 1. The summed E-state index contributed by atoms with van der Waals surface area (Å²) in [4.78, 5) is 11.5. The van der Waals surface area contributed by atoms with Gasteiger partial charge in [0.1, 0.15) is 11.5 Å². The first-order valence-electron chi connectivity index (χ1n) is 5.66. The molecule has 98 valence electrons. The molecule has 0 spiro atoms. The third-order valence-corrected chi connectivity index (χ3v) is 3.21. The number of carbonyl (C=O) groups excluding carboxylic acids is 1. The summed E-state index contributed by atoms with van der Waals surface area (Å²) in [5.41, 5.74) is 6.80. The van der Waals surface area contributed by atoms with Crippen molar-refractivity contribution in [3.63, 3.8) is 0 Å². The van der Waals surface area contributed by atoms with Gasteiger partial charge in [0.2, 0.25) is 0 Å². The van der Waals surface area contributed by atoms with Crippen molar-refractivity contribution in [1.29, 1.82) is 0 Å². The summed E-state index contributed by atoms with van der Waals surface area (Å²) in [5, 5.41) is 2.54. The average Bonchev–Trinajstić information content (AvgIpc) is 2.42. The van der Waals surface area contributed by atoms with E-state index in [1.54, 1.807) is 25.2 Å². The summed E-state index contributed by atoms with van der Waals surface area (Å²) in [6.45, 7) is 0. The smallest absolute Gasteiger partial charge is 0.251 e. The summed E-state index contributed by atoms with van der Waals surface area (Å²) in [5.74, 6) is 1.00. The Morgan fingerprint density at radius 3 is 2.58 bits per heavy atom. The zero-order valence-corrected chi connectivity index (χ0v) is 11.9. The number of nitrogens with one attached hydrogen (secondary N) is 1. The van der Waals surface area contributed by atoms with Crippen LogP contribution in [0.15, 0.2) is 46.9 Å². The van der Waals surface area contributed by atoms with Gasteiger partial charge in [0.15, 0.2) is 0 Å². The molecule has 0 aliphatic rings. The Morgan fingerprint density at radius 1 is 1.21 bits per heavy atom. The van der Waals surface area contributed by atoms with E-state index in [9.17, 15) is 4.79 Å². The van der Waals surface area contributed by atoms with Crippen molar-refractivity contribution in [3.05, 3.63) is 52.5 Å². The SMILES string of the molecule is CNC(=O)c1ccc(Oc2ccccc2Br)c(N)c1. The highest BCUT2D eigenvalue weighted by Gasteiger charge is 2.09. The first-order valence-corrected chi connectivity index (χ1v) is 6.45. The Labute approximate surface area is 119 Å². The maximum atomic E-state index is 11.5. The molecule has 0 saturated heterocycles. The molecule has 0 unspecified atom stereocenters. The number of anilines is 1. The van der Waals surface area contributed by atoms with E-state index in [1.807, 2.05) is 24.3 Å². The minimum atomic E-state index is -0.181. The molecule has 0 radical (unpaired) electrons. The monoisotopic (exact) mass is 320 g/mol. The molecule has 4 nitrogen and oxygen atoms in total. The highest BCUT2D eigenvalue weighted by atomic mass is 79.9. The Morgan fingerprint density at radius 2 is 1.95 bits per heavy atom. The van der Waals surface area contributed by atoms with Crippen LogP contribution in [0.25, 0.3) is 0 Å². The molecule has 1 amide bonds. The van der Waals surface area contributed by atoms with E-state index in [4.69, 9.17) is 10.5 Å². The van der Waals surface area contributed by atoms with E-state index in [-0.39, 0.29) is 5.91 Å². The third-order valence-electron chi connectivity index (χ3n) is 2.56. The van der Waals surface area contributed by atoms with Gasteiger partial charge >= 0.3 is 0 Å². The first kappa shape index (κ1) is 13.4. The predicted octanol–water partition coefficient (Wildman–Crippen LogP) is 3.18. The standard InChI is InChI=1S/C14H13BrN2O2/c1-17-14(18)9-6-7-13(11(16)8-9)19-12-5-3-2-4-10(12)15/h2-8H,16H2,1H3,(H,17,18). The van der Waals surface area contributed by atoms with Crippen molar-refractivity contribution in [2.45, 2.75) is 0 Å². The Balaban J connectivity index is 2.27. The molecule has 5 heteroatoms. The van der Waals surface area contributed by atoms with Crippen molar-refractivity contribution < 1.29 is 9.53 Å². The molecule has 2 aromatic carbocycles. The molecule has 0 aliphatic carbocycles. The normalized spacial score (nSPS) is 10.0. The zero-order chi connectivity index (χ0) is 13.8. The number of rotatable bonds is 3. The molecule has 0 aromatic heterocycles. The second-order valence-corrected chi connectivity index (χ2v) is 4.72. The predicted molar refractivity (Wildman–Crippen MR) is 78.5 cm³/mol. The molecular weight excluding hydrogens is 308 g/mol. The lowest BCUT2D eigenvalue weighted by Crippen LogP contribution is -2.17. The van der Waals surface area contributed by atoms with Gasteiger partial charge in [-0.05, 0) is 46.3 Å². The lowest BCUT2D eigenvalue weighted by molar-refractivity contribution is 0.0963. The van der Waals surface area contributed by atoms with Gasteiger partial charge in [0, 0.05) is 12.6 Å². The molecular formula is C14H13BrN2O2. The molecule has 19 heavy (non-hydrogen) atoms. The third kappa shape index (κ3) is 3.06. The van der Waals surface area contributed by atoms with E-state index in [1.165, 1.54) is 0 Å². The second kappa shape index (κ2) is 5.75. The number of hydrogen-bond acceptors (Lipinski definition) is 3. The lowest BCUT2D eigenvalue weighted by Gasteiger charge is -2.10. The molecule has 0 saturated carbocycles. The number of amides is 1. The summed E-state index contributed by atoms with van der Waals surface area (Å²) >= 11 is 3.40. The fourth-order valence-electron chi connectivity index (χ4n) is 1.57. The van der Waals surface area contributed by atoms with Crippen LogP contribution in [0.3, 0.4) is 0 Å². The van der Waals surface area contributed by atoms with Crippen LogP contribution < -0.4 is 15.8 Å². The van der Waals surface area contributed by atoms with Gasteiger partial charge in [-0.2, -0.15) is 0 Å². The highest BCUT2D eigenvalue weighted by Crippen LogP contribution is 2.32.